The third-order valence-corrected chi connectivity index (χ3v) is 7.90. The lowest BCUT2D eigenvalue weighted by atomic mass is 9.68. The predicted molar refractivity (Wildman–Crippen MR) is 120 cm³/mol. The molecule has 168 valence electrons. The average Bonchev–Trinajstić information content (AvgIpc) is 3.35. The monoisotopic (exact) mass is 434 g/mol. The fourth-order valence-corrected chi connectivity index (χ4v) is 6.59. The average molecular weight is 435 g/mol. The molecule has 0 radical (unpaired) electrons. The Morgan fingerprint density at radius 3 is 2.97 bits per heavy atom. The lowest BCUT2D eigenvalue weighted by molar-refractivity contribution is -0.137. The molecular formula is C25H30N4O3. The summed E-state index contributed by atoms with van der Waals surface area (Å²) in [4.78, 5) is 30.7. The second-order valence-corrected chi connectivity index (χ2v) is 9.79. The van der Waals surface area contributed by atoms with Crippen LogP contribution in [0.1, 0.15) is 38.5 Å². The maximum absolute atomic E-state index is 13.5. The van der Waals surface area contributed by atoms with Gasteiger partial charge in [0.15, 0.2) is 5.76 Å². The van der Waals surface area contributed by atoms with E-state index in [1.807, 2.05) is 4.90 Å². The van der Waals surface area contributed by atoms with Crippen molar-refractivity contribution in [2.75, 3.05) is 19.6 Å². The molecule has 1 aliphatic carbocycles. The summed E-state index contributed by atoms with van der Waals surface area (Å²) in [5, 5.41) is 4.41. The van der Waals surface area contributed by atoms with Gasteiger partial charge in [0, 0.05) is 25.2 Å². The molecule has 7 heteroatoms. The first-order valence-corrected chi connectivity index (χ1v) is 12.0. The van der Waals surface area contributed by atoms with E-state index in [0.717, 1.165) is 25.9 Å². The molecule has 5 heterocycles. The van der Waals surface area contributed by atoms with Gasteiger partial charge in [-0.1, -0.05) is 18.1 Å². The van der Waals surface area contributed by atoms with Crippen LogP contribution in [0.4, 0.5) is 0 Å². The highest BCUT2D eigenvalue weighted by Crippen LogP contribution is 2.45. The van der Waals surface area contributed by atoms with Crippen LogP contribution in [0.3, 0.4) is 0 Å². The van der Waals surface area contributed by atoms with Gasteiger partial charge in [-0.2, -0.15) is 5.10 Å². The number of hydrogen-bond donors (Lipinski definition) is 0. The van der Waals surface area contributed by atoms with Gasteiger partial charge in [0.25, 0.3) is 5.56 Å². The summed E-state index contributed by atoms with van der Waals surface area (Å²) < 4.78 is 6.69. The highest BCUT2D eigenvalue weighted by atomic mass is 16.3. The second-order valence-electron chi connectivity index (χ2n) is 9.79. The van der Waals surface area contributed by atoms with E-state index in [1.54, 1.807) is 24.5 Å². The number of likely N-dealkylation sites (tertiary alicyclic amines) is 1. The molecule has 2 aromatic heterocycles. The van der Waals surface area contributed by atoms with Gasteiger partial charge in [0.1, 0.15) is 12.2 Å². The van der Waals surface area contributed by atoms with Crippen LogP contribution in [0.15, 0.2) is 51.4 Å². The zero-order chi connectivity index (χ0) is 21.7. The van der Waals surface area contributed by atoms with E-state index in [2.05, 4.69) is 16.1 Å². The molecule has 32 heavy (non-hydrogen) atoms. The van der Waals surface area contributed by atoms with Gasteiger partial charge in [-0.3, -0.25) is 14.5 Å². The number of fused-ring (bicyclic) bond motifs is 6. The maximum Gasteiger partial charge on any atom is 0.267 e. The highest BCUT2D eigenvalue weighted by Gasteiger charge is 2.46. The van der Waals surface area contributed by atoms with E-state index in [-0.39, 0.29) is 24.1 Å². The van der Waals surface area contributed by atoms with Crippen LogP contribution in [-0.4, -0.2) is 57.2 Å². The normalized spacial score (nSPS) is 29.8. The van der Waals surface area contributed by atoms with Gasteiger partial charge < -0.3 is 9.32 Å². The highest BCUT2D eigenvalue weighted by molar-refractivity contribution is 5.77. The number of aromatic nitrogens is 2. The molecule has 2 aromatic rings. The van der Waals surface area contributed by atoms with Crippen LogP contribution in [0.5, 0.6) is 0 Å². The molecule has 3 saturated heterocycles. The number of piperidine rings is 3. The van der Waals surface area contributed by atoms with Crippen LogP contribution in [0.2, 0.25) is 0 Å². The fraction of sp³-hybridized carbons (Fsp3) is 0.560. The first-order chi connectivity index (χ1) is 15.7. The van der Waals surface area contributed by atoms with Gasteiger partial charge in [-0.25, -0.2) is 4.68 Å². The van der Waals surface area contributed by atoms with Crippen molar-refractivity contribution in [1.82, 2.24) is 19.6 Å². The minimum absolute atomic E-state index is 0.00832. The number of nitrogens with zero attached hydrogens (tertiary/aromatic N) is 4. The molecule has 4 aliphatic rings. The Kier molecular flexibility index (Phi) is 5.01. The first-order valence-electron chi connectivity index (χ1n) is 12.0. The number of amides is 1. The standard InChI is InChI=1S/C25H30N4O3/c30-23-9-8-20(22-7-4-12-32-22)26-29(23)16-24(31)28-11-3-5-17-13-18-14-19(25(17)28)15-27-10-2-1-6-21(18)27/h4,7-9,12-13,18-19,21,25H,1-3,5-6,10-11,14-16H2/t18-,19+,21?,25?/m1/s1. The zero-order valence-corrected chi connectivity index (χ0v) is 18.4. The lowest BCUT2D eigenvalue weighted by Gasteiger charge is -2.54. The van der Waals surface area contributed by atoms with E-state index in [1.165, 1.54) is 48.5 Å². The summed E-state index contributed by atoms with van der Waals surface area (Å²) in [6, 6.07) is 7.57. The summed E-state index contributed by atoms with van der Waals surface area (Å²) in [5.41, 5.74) is 1.75. The number of carbonyl (C=O) groups excluding carboxylic acids is 1. The molecule has 0 N–H and O–H groups in total. The van der Waals surface area contributed by atoms with E-state index in [0.29, 0.717) is 29.3 Å². The van der Waals surface area contributed by atoms with Crippen molar-refractivity contribution in [2.24, 2.45) is 11.8 Å². The van der Waals surface area contributed by atoms with E-state index < -0.39 is 0 Å². The Hall–Kier alpha value is -2.67. The Morgan fingerprint density at radius 1 is 1.16 bits per heavy atom. The van der Waals surface area contributed by atoms with Crippen molar-refractivity contribution >= 4 is 5.91 Å². The van der Waals surface area contributed by atoms with E-state index >= 15 is 0 Å². The predicted octanol–water partition coefficient (Wildman–Crippen LogP) is 2.92. The number of rotatable bonds is 3. The van der Waals surface area contributed by atoms with Crippen molar-refractivity contribution in [3.8, 4) is 11.5 Å². The van der Waals surface area contributed by atoms with Gasteiger partial charge in [0.2, 0.25) is 5.91 Å². The van der Waals surface area contributed by atoms with Crippen molar-refractivity contribution < 1.29 is 9.21 Å². The summed E-state index contributed by atoms with van der Waals surface area (Å²) in [6.07, 6.45) is 11.3. The smallest absolute Gasteiger partial charge is 0.267 e. The zero-order valence-electron chi connectivity index (χ0n) is 18.4. The summed E-state index contributed by atoms with van der Waals surface area (Å²) in [5.74, 6) is 1.72. The van der Waals surface area contributed by atoms with E-state index in [4.69, 9.17) is 4.42 Å². The molecule has 0 saturated carbocycles. The van der Waals surface area contributed by atoms with Crippen molar-refractivity contribution in [2.45, 2.75) is 57.2 Å². The van der Waals surface area contributed by atoms with Gasteiger partial charge >= 0.3 is 0 Å². The molecule has 0 spiro atoms. The van der Waals surface area contributed by atoms with Crippen LogP contribution in [0, 0.1) is 11.8 Å². The van der Waals surface area contributed by atoms with Gasteiger partial charge in [-0.15, -0.1) is 0 Å². The van der Waals surface area contributed by atoms with Gasteiger partial charge in [-0.05, 0) is 68.7 Å². The lowest BCUT2D eigenvalue weighted by Crippen LogP contribution is -2.60. The Morgan fingerprint density at radius 2 is 2.09 bits per heavy atom. The van der Waals surface area contributed by atoms with Crippen LogP contribution in [-0.2, 0) is 11.3 Å². The molecule has 6 rings (SSSR count). The van der Waals surface area contributed by atoms with Crippen LogP contribution < -0.4 is 5.56 Å². The molecule has 4 atom stereocenters. The number of carbonyl (C=O) groups is 1. The second kappa shape index (κ2) is 8.03. The Balaban J connectivity index is 1.26. The van der Waals surface area contributed by atoms with Crippen molar-refractivity contribution in [3.63, 3.8) is 0 Å². The maximum atomic E-state index is 13.5. The molecule has 7 nitrogen and oxygen atoms in total. The summed E-state index contributed by atoms with van der Waals surface area (Å²) in [7, 11) is 0. The third kappa shape index (κ3) is 3.43. The molecule has 3 aliphatic heterocycles. The van der Waals surface area contributed by atoms with Crippen molar-refractivity contribution in [1.29, 1.82) is 0 Å². The van der Waals surface area contributed by atoms with Crippen molar-refractivity contribution in [3.05, 3.63) is 52.5 Å². The quantitative estimate of drug-likeness (QED) is 0.695. The largest absolute Gasteiger partial charge is 0.463 e. The minimum Gasteiger partial charge on any atom is -0.463 e. The van der Waals surface area contributed by atoms with Crippen LogP contribution >= 0.6 is 0 Å². The molecule has 1 amide bonds. The molecule has 2 unspecified atom stereocenters. The SMILES string of the molecule is O=C(Cn1nc(-c2ccco2)ccc1=O)N1CCCC2=C[C@@H]3C[C@@H](CN4CCCCC34)C21. The van der Waals surface area contributed by atoms with Gasteiger partial charge in [0.05, 0.1) is 12.3 Å². The molecular weight excluding hydrogens is 404 g/mol. The first kappa shape index (κ1) is 20.0. The summed E-state index contributed by atoms with van der Waals surface area (Å²) in [6.45, 7) is 3.03. The fourth-order valence-electron chi connectivity index (χ4n) is 6.59. The molecule has 2 bridgehead atoms. The number of hydrogen-bond acceptors (Lipinski definition) is 5. The third-order valence-electron chi connectivity index (χ3n) is 7.90. The van der Waals surface area contributed by atoms with E-state index in [9.17, 15) is 9.59 Å². The Bertz CT molecular complexity index is 1090. The Labute approximate surface area is 187 Å². The minimum atomic E-state index is -0.265. The summed E-state index contributed by atoms with van der Waals surface area (Å²) >= 11 is 0. The van der Waals surface area contributed by atoms with Crippen LogP contribution in [0.25, 0.3) is 11.5 Å². The molecule has 0 aromatic carbocycles. The number of furan rings is 1. The topological polar surface area (TPSA) is 71.6 Å². The molecule has 3 fully saturated rings.